The third kappa shape index (κ3) is 2.58. The summed E-state index contributed by atoms with van der Waals surface area (Å²) in [5, 5.41) is 4.08. The van der Waals surface area contributed by atoms with Crippen LogP contribution in [0, 0.1) is 0 Å². The molecular weight excluding hydrogens is 322 g/mol. The van der Waals surface area contributed by atoms with Crippen LogP contribution in [0.3, 0.4) is 0 Å². The van der Waals surface area contributed by atoms with Gasteiger partial charge in [0.05, 0.1) is 0 Å². The monoisotopic (exact) mass is 337 g/mol. The summed E-state index contributed by atoms with van der Waals surface area (Å²) in [6.07, 6.45) is 3.11. The van der Waals surface area contributed by atoms with Crippen molar-refractivity contribution in [2.45, 2.75) is 31.8 Å². The smallest absolute Gasteiger partial charge is 0.258 e. The van der Waals surface area contributed by atoms with E-state index in [-0.39, 0.29) is 0 Å². The first kappa shape index (κ1) is 13.6. The highest BCUT2D eigenvalue weighted by molar-refractivity contribution is 9.10. The standard InChI is InChI=1S/C14H16BrN3O2/c1-14(4-2-3-5-19-14)13-17-12(20-18-13)9-6-10(15)8-11(16)7-9/h6-8H,2-5,16H2,1H3. The second-order valence-electron chi connectivity index (χ2n) is 5.23. The summed E-state index contributed by atoms with van der Waals surface area (Å²) < 4.78 is 12.1. The third-order valence-electron chi connectivity index (χ3n) is 3.53. The summed E-state index contributed by atoms with van der Waals surface area (Å²) in [5.41, 5.74) is 6.83. The number of hydrogen-bond acceptors (Lipinski definition) is 5. The van der Waals surface area contributed by atoms with Gasteiger partial charge >= 0.3 is 0 Å². The molecule has 1 fully saturated rings. The Balaban J connectivity index is 1.93. The molecule has 1 aromatic carbocycles. The first-order valence-corrected chi connectivity index (χ1v) is 7.41. The largest absolute Gasteiger partial charge is 0.399 e. The highest BCUT2D eigenvalue weighted by Gasteiger charge is 2.35. The minimum atomic E-state index is -0.447. The molecule has 1 saturated heterocycles. The maximum atomic E-state index is 5.83. The minimum absolute atomic E-state index is 0.447. The number of nitrogens with two attached hydrogens (primary N) is 1. The van der Waals surface area contributed by atoms with Gasteiger partial charge in [0, 0.05) is 22.3 Å². The van der Waals surface area contributed by atoms with Crippen LogP contribution >= 0.6 is 15.9 Å². The number of nitrogen functional groups attached to an aromatic ring is 1. The van der Waals surface area contributed by atoms with Gasteiger partial charge in [0.25, 0.3) is 5.89 Å². The second-order valence-corrected chi connectivity index (χ2v) is 6.15. The van der Waals surface area contributed by atoms with Crippen LogP contribution in [0.25, 0.3) is 11.5 Å². The molecule has 2 heterocycles. The van der Waals surface area contributed by atoms with Crippen molar-refractivity contribution in [1.29, 1.82) is 0 Å². The van der Waals surface area contributed by atoms with Gasteiger partial charge in [0.2, 0.25) is 5.82 Å². The molecule has 6 heteroatoms. The first-order chi connectivity index (χ1) is 9.57. The van der Waals surface area contributed by atoms with E-state index in [9.17, 15) is 0 Å². The van der Waals surface area contributed by atoms with Gasteiger partial charge in [-0.05, 0) is 44.4 Å². The topological polar surface area (TPSA) is 74.2 Å². The lowest BCUT2D eigenvalue weighted by molar-refractivity contribution is -0.0770. The van der Waals surface area contributed by atoms with Crippen LogP contribution < -0.4 is 5.73 Å². The maximum Gasteiger partial charge on any atom is 0.258 e. The predicted molar refractivity (Wildman–Crippen MR) is 79.0 cm³/mol. The van der Waals surface area contributed by atoms with Crippen molar-refractivity contribution in [3.8, 4) is 11.5 Å². The van der Waals surface area contributed by atoms with E-state index in [1.807, 2.05) is 25.1 Å². The van der Waals surface area contributed by atoms with Crippen LogP contribution in [-0.2, 0) is 10.3 Å². The van der Waals surface area contributed by atoms with Gasteiger partial charge in [-0.25, -0.2) is 0 Å². The molecule has 5 nitrogen and oxygen atoms in total. The van der Waals surface area contributed by atoms with Crippen molar-refractivity contribution in [3.63, 3.8) is 0 Å². The van der Waals surface area contributed by atoms with Crippen molar-refractivity contribution in [3.05, 3.63) is 28.5 Å². The predicted octanol–water partition coefficient (Wildman–Crippen LogP) is 3.50. The van der Waals surface area contributed by atoms with Gasteiger partial charge in [0.15, 0.2) is 0 Å². The van der Waals surface area contributed by atoms with E-state index < -0.39 is 5.60 Å². The molecule has 1 atom stereocenters. The van der Waals surface area contributed by atoms with Gasteiger partial charge in [-0.1, -0.05) is 21.1 Å². The lowest BCUT2D eigenvalue weighted by Gasteiger charge is -2.30. The van der Waals surface area contributed by atoms with Gasteiger partial charge < -0.3 is 15.0 Å². The summed E-state index contributed by atoms with van der Waals surface area (Å²) in [6, 6.07) is 5.54. The van der Waals surface area contributed by atoms with Gasteiger partial charge in [-0.15, -0.1) is 0 Å². The van der Waals surface area contributed by atoms with Crippen LogP contribution in [0.1, 0.15) is 32.0 Å². The average Bonchev–Trinajstić information content (AvgIpc) is 2.89. The molecule has 106 valence electrons. The molecule has 0 radical (unpaired) electrons. The van der Waals surface area contributed by atoms with E-state index in [4.69, 9.17) is 15.0 Å². The number of nitrogens with zero attached hydrogens (tertiary/aromatic N) is 2. The fourth-order valence-corrected chi connectivity index (χ4v) is 2.91. The van der Waals surface area contributed by atoms with Crippen LogP contribution in [0.15, 0.2) is 27.2 Å². The van der Waals surface area contributed by atoms with Crippen LogP contribution in [-0.4, -0.2) is 16.7 Å². The van der Waals surface area contributed by atoms with E-state index in [0.717, 1.165) is 35.9 Å². The average molecular weight is 338 g/mol. The van der Waals surface area contributed by atoms with Crippen molar-refractivity contribution < 1.29 is 9.26 Å². The number of rotatable bonds is 2. The summed E-state index contributed by atoms with van der Waals surface area (Å²) in [7, 11) is 0. The molecule has 1 aliphatic heterocycles. The summed E-state index contributed by atoms with van der Waals surface area (Å²) in [5.74, 6) is 1.06. The van der Waals surface area contributed by atoms with E-state index in [0.29, 0.717) is 17.4 Å². The molecule has 0 amide bonds. The molecule has 1 aliphatic rings. The normalized spacial score (nSPS) is 22.9. The Labute approximate surface area is 125 Å². The van der Waals surface area contributed by atoms with Crippen molar-refractivity contribution in [2.75, 3.05) is 12.3 Å². The Bertz CT molecular complexity index is 600. The third-order valence-corrected chi connectivity index (χ3v) is 3.99. The van der Waals surface area contributed by atoms with Crippen molar-refractivity contribution >= 4 is 21.6 Å². The number of aromatic nitrogens is 2. The Kier molecular flexibility index (Phi) is 3.52. The summed E-state index contributed by atoms with van der Waals surface area (Å²) in [4.78, 5) is 4.48. The number of ether oxygens (including phenoxy) is 1. The fraction of sp³-hybridized carbons (Fsp3) is 0.429. The molecule has 20 heavy (non-hydrogen) atoms. The molecule has 3 rings (SSSR count). The molecule has 2 aromatic rings. The quantitative estimate of drug-likeness (QED) is 0.849. The highest BCUT2D eigenvalue weighted by Crippen LogP contribution is 2.34. The molecule has 0 aliphatic carbocycles. The molecule has 0 saturated carbocycles. The van der Waals surface area contributed by atoms with E-state index in [2.05, 4.69) is 26.1 Å². The van der Waals surface area contributed by atoms with Crippen molar-refractivity contribution in [1.82, 2.24) is 10.1 Å². The minimum Gasteiger partial charge on any atom is -0.399 e. The summed E-state index contributed by atoms with van der Waals surface area (Å²) >= 11 is 3.41. The van der Waals surface area contributed by atoms with Gasteiger partial charge in [0.1, 0.15) is 5.60 Å². The Morgan fingerprint density at radius 1 is 1.30 bits per heavy atom. The summed E-state index contributed by atoms with van der Waals surface area (Å²) in [6.45, 7) is 2.75. The van der Waals surface area contributed by atoms with Crippen LogP contribution in [0.5, 0.6) is 0 Å². The molecule has 1 aromatic heterocycles. The van der Waals surface area contributed by atoms with Crippen LogP contribution in [0.4, 0.5) is 5.69 Å². The van der Waals surface area contributed by atoms with E-state index in [1.165, 1.54) is 0 Å². The number of hydrogen-bond donors (Lipinski definition) is 1. The van der Waals surface area contributed by atoms with Crippen molar-refractivity contribution in [2.24, 2.45) is 0 Å². The zero-order chi connectivity index (χ0) is 14.2. The zero-order valence-corrected chi connectivity index (χ0v) is 12.8. The fourth-order valence-electron chi connectivity index (χ4n) is 2.40. The van der Waals surface area contributed by atoms with E-state index >= 15 is 0 Å². The lowest BCUT2D eigenvalue weighted by atomic mass is 9.95. The van der Waals surface area contributed by atoms with Gasteiger partial charge in [-0.2, -0.15) is 4.98 Å². The first-order valence-electron chi connectivity index (χ1n) is 6.61. The second kappa shape index (κ2) is 5.18. The Morgan fingerprint density at radius 2 is 2.15 bits per heavy atom. The lowest BCUT2D eigenvalue weighted by Crippen LogP contribution is -2.31. The van der Waals surface area contributed by atoms with Gasteiger partial charge in [-0.3, -0.25) is 0 Å². The van der Waals surface area contributed by atoms with Crippen LogP contribution in [0.2, 0.25) is 0 Å². The number of halogens is 1. The Hall–Kier alpha value is -1.40. The maximum absolute atomic E-state index is 5.83. The molecule has 2 N–H and O–H groups in total. The molecule has 0 bridgehead atoms. The highest BCUT2D eigenvalue weighted by atomic mass is 79.9. The molecule has 1 unspecified atom stereocenters. The molecular formula is C14H16BrN3O2. The van der Waals surface area contributed by atoms with E-state index in [1.54, 1.807) is 0 Å². The zero-order valence-electron chi connectivity index (χ0n) is 11.2. The Morgan fingerprint density at radius 3 is 2.85 bits per heavy atom. The molecule has 0 spiro atoms. The number of benzene rings is 1. The number of anilines is 1. The SMILES string of the molecule is CC1(c2noc(-c3cc(N)cc(Br)c3)n2)CCCCO1.